The minimum atomic E-state index is -0.189. The number of hydrogen-bond acceptors (Lipinski definition) is 7. The number of carbonyl (C=O) groups is 1. The fourth-order valence-electron chi connectivity index (χ4n) is 4.44. The minimum Gasteiger partial charge on any atom is -0.493 e. The van der Waals surface area contributed by atoms with E-state index in [-0.39, 0.29) is 5.78 Å². The number of ketones is 1. The normalized spacial score (nSPS) is 14.2. The molecule has 7 heteroatoms. The Balaban J connectivity index is 1.45. The zero-order valence-corrected chi connectivity index (χ0v) is 20.0. The van der Waals surface area contributed by atoms with Crippen LogP contribution in [0.1, 0.15) is 21.6 Å². The number of fused-ring (bicyclic) bond motifs is 1. The molecular formula is C28H28N4O3. The standard InChI is InChI=1S/C28H28N4O3/c1-34-24-13-12-21(18-25(24)35-2)27(33)26-28(30-23-11-7-6-10-22(23)29-26)32-16-14-31(15-17-32)19-20-8-4-3-5-9-20/h3-13,18H,14-17,19H2,1-2H3. The summed E-state index contributed by atoms with van der Waals surface area (Å²) in [5.41, 5.74) is 3.61. The number of benzene rings is 3. The molecule has 7 nitrogen and oxygen atoms in total. The van der Waals surface area contributed by atoms with Crippen molar-refractivity contribution < 1.29 is 14.3 Å². The van der Waals surface area contributed by atoms with E-state index in [2.05, 4.69) is 34.1 Å². The molecule has 0 bridgehead atoms. The largest absolute Gasteiger partial charge is 0.493 e. The summed E-state index contributed by atoms with van der Waals surface area (Å²) in [6, 6.07) is 23.3. The predicted octanol–water partition coefficient (Wildman–Crippen LogP) is 4.20. The second kappa shape index (κ2) is 10.1. The van der Waals surface area contributed by atoms with Gasteiger partial charge in [0.25, 0.3) is 0 Å². The van der Waals surface area contributed by atoms with E-state index in [1.807, 2.05) is 30.3 Å². The molecule has 0 spiro atoms. The van der Waals surface area contributed by atoms with Crippen molar-refractivity contribution in [3.05, 3.63) is 89.6 Å². The lowest BCUT2D eigenvalue weighted by atomic mass is 10.1. The summed E-state index contributed by atoms with van der Waals surface area (Å²) >= 11 is 0. The maximum Gasteiger partial charge on any atom is 0.215 e. The Kier molecular flexibility index (Phi) is 6.59. The lowest BCUT2D eigenvalue weighted by molar-refractivity contribution is 0.103. The SMILES string of the molecule is COc1ccc(C(=O)c2nc3ccccc3nc2N2CCN(Cc3ccccc3)CC2)cc1OC. The van der Waals surface area contributed by atoms with Gasteiger partial charge in [-0.2, -0.15) is 0 Å². The third-order valence-corrected chi connectivity index (χ3v) is 6.33. The van der Waals surface area contributed by atoms with E-state index < -0.39 is 0 Å². The third-order valence-electron chi connectivity index (χ3n) is 6.33. The molecule has 0 N–H and O–H groups in total. The molecule has 0 amide bonds. The molecule has 1 aromatic heterocycles. The first-order valence-electron chi connectivity index (χ1n) is 11.7. The van der Waals surface area contributed by atoms with E-state index in [4.69, 9.17) is 19.4 Å². The maximum absolute atomic E-state index is 13.7. The zero-order chi connectivity index (χ0) is 24.2. The summed E-state index contributed by atoms with van der Waals surface area (Å²) < 4.78 is 10.7. The van der Waals surface area contributed by atoms with E-state index in [1.165, 1.54) is 5.56 Å². The Hall–Kier alpha value is -3.97. The third kappa shape index (κ3) is 4.81. The van der Waals surface area contributed by atoms with E-state index in [0.717, 1.165) is 38.2 Å². The molecule has 4 aromatic rings. The van der Waals surface area contributed by atoms with Gasteiger partial charge < -0.3 is 14.4 Å². The van der Waals surface area contributed by atoms with Crippen LogP contribution in [0.15, 0.2) is 72.8 Å². The van der Waals surface area contributed by atoms with Gasteiger partial charge in [0.2, 0.25) is 5.78 Å². The van der Waals surface area contributed by atoms with Gasteiger partial charge in [0.15, 0.2) is 23.0 Å². The summed E-state index contributed by atoms with van der Waals surface area (Å²) in [4.78, 5) is 28.0. The molecule has 1 saturated heterocycles. The smallest absolute Gasteiger partial charge is 0.215 e. The van der Waals surface area contributed by atoms with Crippen LogP contribution in [0, 0.1) is 0 Å². The highest BCUT2D eigenvalue weighted by Gasteiger charge is 2.26. The Bertz CT molecular complexity index is 1330. The number of anilines is 1. The first-order chi connectivity index (χ1) is 17.2. The Labute approximate surface area is 204 Å². The van der Waals surface area contributed by atoms with Crippen molar-refractivity contribution in [2.45, 2.75) is 6.54 Å². The second-order valence-corrected chi connectivity index (χ2v) is 8.53. The molecule has 0 unspecified atom stereocenters. The molecule has 178 valence electrons. The van der Waals surface area contributed by atoms with Crippen LogP contribution in [0.25, 0.3) is 11.0 Å². The molecule has 0 aliphatic carbocycles. The van der Waals surface area contributed by atoms with Gasteiger partial charge in [-0.1, -0.05) is 42.5 Å². The average Bonchev–Trinajstić information content (AvgIpc) is 2.92. The van der Waals surface area contributed by atoms with Gasteiger partial charge in [-0.3, -0.25) is 9.69 Å². The first kappa shape index (κ1) is 22.8. The van der Waals surface area contributed by atoms with Gasteiger partial charge in [0, 0.05) is 38.3 Å². The topological polar surface area (TPSA) is 67.8 Å². The summed E-state index contributed by atoms with van der Waals surface area (Å²) in [6.07, 6.45) is 0. The number of methoxy groups -OCH3 is 2. The lowest BCUT2D eigenvalue weighted by Gasteiger charge is -2.36. The summed E-state index contributed by atoms with van der Waals surface area (Å²) in [7, 11) is 3.13. The number of carbonyl (C=O) groups excluding carboxylic acids is 1. The molecule has 5 rings (SSSR count). The van der Waals surface area contributed by atoms with Crippen molar-refractivity contribution >= 4 is 22.6 Å². The van der Waals surface area contributed by atoms with Gasteiger partial charge in [0.1, 0.15) is 0 Å². The van der Waals surface area contributed by atoms with Gasteiger partial charge >= 0.3 is 0 Å². The molecule has 2 heterocycles. The van der Waals surface area contributed by atoms with Gasteiger partial charge in [-0.25, -0.2) is 9.97 Å². The highest BCUT2D eigenvalue weighted by molar-refractivity contribution is 6.11. The van der Waals surface area contributed by atoms with E-state index in [9.17, 15) is 4.79 Å². The predicted molar refractivity (Wildman–Crippen MR) is 136 cm³/mol. The summed E-state index contributed by atoms with van der Waals surface area (Å²) in [5.74, 6) is 1.51. The molecule has 0 radical (unpaired) electrons. The van der Waals surface area contributed by atoms with Crippen LogP contribution in [0.2, 0.25) is 0 Å². The number of nitrogens with zero attached hydrogens (tertiary/aromatic N) is 4. The Morgan fingerprint density at radius 2 is 1.46 bits per heavy atom. The van der Waals surface area contributed by atoms with E-state index in [0.29, 0.717) is 34.1 Å². The average molecular weight is 469 g/mol. The van der Waals surface area contributed by atoms with E-state index in [1.54, 1.807) is 32.4 Å². The summed E-state index contributed by atoms with van der Waals surface area (Å²) in [6.45, 7) is 4.22. The monoisotopic (exact) mass is 468 g/mol. The summed E-state index contributed by atoms with van der Waals surface area (Å²) in [5, 5.41) is 0. The van der Waals surface area contributed by atoms with Crippen LogP contribution in [0.5, 0.6) is 11.5 Å². The van der Waals surface area contributed by atoms with Crippen LogP contribution < -0.4 is 14.4 Å². The fourth-order valence-corrected chi connectivity index (χ4v) is 4.44. The molecule has 1 fully saturated rings. The van der Waals surface area contributed by atoms with Crippen LogP contribution in [-0.4, -0.2) is 61.0 Å². The van der Waals surface area contributed by atoms with Crippen LogP contribution in [-0.2, 0) is 6.54 Å². The van der Waals surface area contributed by atoms with Crippen LogP contribution in [0.3, 0.4) is 0 Å². The van der Waals surface area contributed by atoms with Crippen LogP contribution in [0.4, 0.5) is 5.82 Å². The molecule has 0 saturated carbocycles. The Morgan fingerprint density at radius 1 is 0.800 bits per heavy atom. The highest BCUT2D eigenvalue weighted by atomic mass is 16.5. The number of rotatable bonds is 7. The quantitative estimate of drug-likeness (QED) is 0.377. The fraction of sp³-hybridized carbons (Fsp3) is 0.250. The van der Waals surface area contributed by atoms with E-state index >= 15 is 0 Å². The van der Waals surface area contributed by atoms with Gasteiger partial charge in [-0.15, -0.1) is 0 Å². The lowest BCUT2D eigenvalue weighted by Crippen LogP contribution is -2.46. The first-order valence-corrected chi connectivity index (χ1v) is 11.7. The number of aromatic nitrogens is 2. The number of para-hydroxylation sites is 2. The number of piperazine rings is 1. The zero-order valence-electron chi connectivity index (χ0n) is 20.0. The van der Waals surface area contributed by atoms with Crippen molar-refractivity contribution in [2.24, 2.45) is 0 Å². The van der Waals surface area contributed by atoms with Crippen molar-refractivity contribution in [3.63, 3.8) is 0 Å². The number of ether oxygens (including phenoxy) is 2. The molecule has 1 aliphatic rings. The number of hydrogen-bond donors (Lipinski definition) is 0. The molecule has 3 aromatic carbocycles. The molecular weight excluding hydrogens is 440 g/mol. The molecule has 1 aliphatic heterocycles. The second-order valence-electron chi connectivity index (χ2n) is 8.53. The molecule has 0 atom stereocenters. The van der Waals surface area contributed by atoms with Gasteiger partial charge in [-0.05, 0) is 35.9 Å². The minimum absolute atomic E-state index is 0.189. The van der Waals surface area contributed by atoms with Crippen LogP contribution >= 0.6 is 0 Å². The van der Waals surface area contributed by atoms with Gasteiger partial charge in [0.05, 0.1) is 25.3 Å². The highest BCUT2D eigenvalue weighted by Crippen LogP contribution is 2.30. The van der Waals surface area contributed by atoms with Crippen molar-refractivity contribution in [1.82, 2.24) is 14.9 Å². The maximum atomic E-state index is 13.7. The van der Waals surface area contributed by atoms with Crippen molar-refractivity contribution in [1.29, 1.82) is 0 Å². The molecule has 35 heavy (non-hydrogen) atoms. The Morgan fingerprint density at radius 3 is 2.14 bits per heavy atom. The van der Waals surface area contributed by atoms with Crippen molar-refractivity contribution in [3.8, 4) is 11.5 Å². The van der Waals surface area contributed by atoms with Crippen molar-refractivity contribution in [2.75, 3.05) is 45.3 Å².